The van der Waals surface area contributed by atoms with Gasteiger partial charge < -0.3 is 15.4 Å². The molecule has 0 saturated heterocycles. The Hall–Kier alpha value is -1.55. The van der Waals surface area contributed by atoms with Crippen molar-refractivity contribution in [2.24, 2.45) is 0 Å². The standard InChI is InChI=1S/C15H24N2O2/c1-4-10-17-12(3)13-6-8-14(9-7-13)19-11-15(18)16-5-2/h6-9,12,17H,4-5,10-11H2,1-3H3,(H,16,18). The van der Waals surface area contributed by atoms with E-state index in [1.54, 1.807) is 0 Å². The van der Waals surface area contributed by atoms with Crippen molar-refractivity contribution in [1.82, 2.24) is 10.6 Å². The van der Waals surface area contributed by atoms with Crippen molar-refractivity contribution in [3.63, 3.8) is 0 Å². The summed E-state index contributed by atoms with van der Waals surface area (Å²) in [5.41, 5.74) is 1.22. The number of likely N-dealkylation sites (N-methyl/N-ethyl adjacent to an activating group) is 1. The first-order chi connectivity index (χ1) is 9.17. The zero-order valence-electron chi connectivity index (χ0n) is 12.0. The van der Waals surface area contributed by atoms with E-state index in [1.807, 2.05) is 31.2 Å². The third-order valence-electron chi connectivity index (χ3n) is 2.82. The van der Waals surface area contributed by atoms with Crippen LogP contribution in [0, 0.1) is 0 Å². The maximum Gasteiger partial charge on any atom is 0.257 e. The second kappa shape index (κ2) is 8.53. The summed E-state index contributed by atoms with van der Waals surface area (Å²) >= 11 is 0. The molecule has 0 aliphatic heterocycles. The van der Waals surface area contributed by atoms with Gasteiger partial charge in [-0.2, -0.15) is 0 Å². The Kier molecular flexibility index (Phi) is 6.97. The average molecular weight is 264 g/mol. The van der Waals surface area contributed by atoms with Crippen molar-refractivity contribution in [3.8, 4) is 5.75 Å². The minimum atomic E-state index is -0.0930. The SMILES string of the molecule is CCCNC(C)c1ccc(OCC(=O)NCC)cc1. The zero-order valence-corrected chi connectivity index (χ0v) is 12.0. The second-order valence-corrected chi connectivity index (χ2v) is 4.49. The van der Waals surface area contributed by atoms with Crippen LogP contribution in [0.1, 0.15) is 38.8 Å². The van der Waals surface area contributed by atoms with Crippen LogP contribution >= 0.6 is 0 Å². The van der Waals surface area contributed by atoms with E-state index in [9.17, 15) is 4.79 Å². The minimum absolute atomic E-state index is 0.0663. The molecule has 4 nitrogen and oxygen atoms in total. The van der Waals surface area contributed by atoms with Crippen LogP contribution < -0.4 is 15.4 Å². The van der Waals surface area contributed by atoms with E-state index in [1.165, 1.54) is 5.56 Å². The van der Waals surface area contributed by atoms with E-state index in [0.717, 1.165) is 18.7 Å². The largest absolute Gasteiger partial charge is 0.484 e. The van der Waals surface area contributed by atoms with Gasteiger partial charge in [-0.3, -0.25) is 4.79 Å². The van der Waals surface area contributed by atoms with Gasteiger partial charge in [0.1, 0.15) is 5.75 Å². The van der Waals surface area contributed by atoms with E-state index in [2.05, 4.69) is 24.5 Å². The molecule has 0 saturated carbocycles. The third kappa shape index (κ3) is 5.75. The number of hydrogen-bond donors (Lipinski definition) is 2. The maximum absolute atomic E-state index is 11.3. The molecule has 0 fully saturated rings. The van der Waals surface area contributed by atoms with Crippen molar-refractivity contribution >= 4 is 5.91 Å². The molecule has 0 bridgehead atoms. The van der Waals surface area contributed by atoms with Crippen molar-refractivity contribution < 1.29 is 9.53 Å². The Bertz CT molecular complexity index is 376. The van der Waals surface area contributed by atoms with E-state index >= 15 is 0 Å². The molecule has 0 heterocycles. The number of benzene rings is 1. The lowest BCUT2D eigenvalue weighted by Crippen LogP contribution is -2.28. The molecule has 0 spiro atoms. The monoisotopic (exact) mass is 264 g/mol. The highest BCUT2D eigenvalue weighted by atomic mass is 16.5. The topological polar surface area (TPSA) is 50.4 Å². The summed E-state index contributed by atoms with van der Waals surface area (Å²) in [7, 11) is 0. The van der Waals surface area contributed by atoms with Crippen LogP contribution in [0.4, 0.5) is 0 Å². The fourth-order valence-electron chi connectivity index (χ4n) is 1.73. The van der Waals surface area contributed by atoms with Gasteiger partial charge in [-0.15, -0.1) is 0 Å². The Morgan fingerprint density at radius 2 is 1.95 bits per heavy atom. The summed E-state index contributed by atoms with van der Waals surface area (Å²) in [6, 6.07) is 8.19. The lowest BCUT2D eigenvalue weighted by atomic mass is 10.1. The first kappa shape index (κ1) is 15.5. The molecule has 1 aromatic rings. The zero-order chi connectivity index (χ0) is 14.1. The predicted molar refractivity (Wildman–Crippen MR) is 77.3 cm³/mol. The first-order valence-corrected chi connectivity index (χ1v) is 6.90. The number of amides is 1. The summed E-state index contributed by atoms with van der Waals surface area (Å²) < 4.78 is 5.40. The average Bonchev–Trinajstić information content (AvgIpc) is 2.43. The van der Waals surface area contributed by atoms with Gasteiger partial charge in [-0.25, -0.2) is 0 Å². The molecule has 0 aromatic heterocycles. The highest BCUT2D eigenvalue weighted by Gasteiger charge is 2.05. The molecular formula is C15H24N2O2. The number of hydrogen-bond acceptors (Lipinski definition) is 3. The quantitative estimate of drug-likeness (QED) is 0.757. The van der Waals surface area contributed by atoms with Crippen molar-refractivity contribution in [2.75, 3.05) is 19.7 Å². The summed E-state index contributed by atoms with van der Waals surface area (Å²) in [6.07, 6.45) is 1.12. The summed E-state index contributed by atoms with van der Waals surface area (Å²) in [4.78, 5) is 11.3. The number of carbonyl (C=O) groups excluding carboxylic acids is 1. The highest BCUT2D eigenvalue weighted by molar-refractivity contribution is 5.77. The molecule has 2 N–H and O–H groups in total. The Balaban J connectivity index is 2.45. The maximum atomic E-state index is 11.3. The van der Waals surface area contributed by atoms with Crippen molar-refractivity contribution in [1.29, 1.82) is 0 Å². The van der Waals surface area contributed by atoms with Crippen molar-refractivity contribution in [2.45, 2.75) is 33.2 Å². The smallest absolute Gasteiger partial charge is 0.257 e. The number of carbonyl (C=O) groups is 1. The fourth-order valence-corrected chi connectivity index (χ4v) is 1.73. The molecule has 1 amide bonds. The van der Waals surface area contributed by atoms with Crippen LogP contribution in [-0.4, -0.2) is 25.6 Å². The van der Waals surface area contributed by atoms with Crippen LogP contribution in [0.2, 0.25) is 0 Å². The summed E-state index contributed by atoms with van der Waals surface area (Å²) in [5.74, 6) is 0.627. The molecule has 0 aliphatic rings. The first-order valence-electron chi connectivity index (χ1n) is 6.90. The fraction of sp³-hybridized carbons (Fsp3) is 0.533. The minimum Gasteiger partial charge on any atom is -0.484 e. The molecular weight excluding hydrogens is 240 g/mol. The Morgan fingerprint density at radius 3 is 2.53 bits per heavy atom. The van der Waals surface area contributed by atoms with Gasteiger partial charge in [-0.05, 0) is 44.5 Å². The molecule has 19 heavy (non-hydrogen) atoms. The summed E-state index contributed by atoms with van der Waals surface area (Å²) in [6.45, 7) is 7.88. The van der Waals surface area contributed by atoms with Gasteiger partial charge in [0.15, 0.2) is 6.61 Å². The van der Waals surface area contributed by atoms with Crippen molar-refractivity contribution in [3.05, 3.63) is 29.8 Å². The van der Waals surface area contributed by atoms with Gasteiger partial charge in [0.2, 0.25) is 0 Å². The van der Waals surface area contributed by atoms with E-state index < -0.39 is 0 Å². The molecule has 0 radical (unpaired) electrons. The molecule has 1 unspecified atom stereocenters. The van der Waals surface area contributed by atoms with E-state index in [0.29, 0.717) is 12.6 Å². The molecule has 1 rings (SSSR count). The Labute approximate surface area is 115 Å². The number of ether oxygens (including phenoxy) is 1. The van der Waals surface area contributed by atoms with Crippen LogP contribution in [0.3, 0.4) is 0 Å². The Morgan fingerprint density at radius 1 is 1.26 bits per heavy atom. The van der Waals surface area contributed by atoms with E-state index in [-0.39, 0.29) is 12.5 Å². The van der Waals surface area contributed by atoms with Gasteiger partial charge >= 0.3 is 0 Å². The lowest BCUT2D eigenvalue weighted by Gasteiger charge is -2.14. The van der Waals surface area contributed by atoms with E-state index in [4.69, 9.17) is 4.74 Å². The lowest BCUT2D eigenvalue weighted by molar-refractivity contribution is -0.122. The third-order valence-corrected chi connectivity index (χ3v) is 2.82. The number of nitrogens with one attached hydrogen (secondary N) is 2. The van der Waals surface area contributed by atoms with Gasteiger partial charge in [0.05, 0.1) is 0 Å². The van der Waals surface area contributed by atoms with Gasteiger partial charge in [0.25, 0.3) is 5.91 Å². The van der Waals surface area contributed by atoms with Crippen LogP contribution in [0.15, 0.2) is 24.3 Å². The van der Waals surface area contributed by atoms with Crippen LogP contribution in [-0.2, 0) is 4.79 Å². The molecule has 4 heteroatoms. The normalized spacial score (nSPS) is 11.9. The van der Waals surface area contributed by atoms with Gasteiger partial charge in [-0.1, -0.05) is 19.1 Å². The molecule has 1 aromatic carbocycles. The highest BCUT2D eigenvalue weighted by Crippen LogP contribution is 2.17. The summed E-state index contributed by atoms with van der Waals surface area (Å²) in [5, 5.41) is 6.12. The molecule has 106 valence electrons. The predicted octanol–water partition coefficient (Wildman–Crippen LogP) is 2.26. The van der Waals surface area contributed by atoms with Gasteiger partial charge in [0, 0.05) is 12.6 Å². The van der Waals surface area contributed by atoms with Crippen LogP contribution in [0.5, 0.6) is 5.75 Å². The molecule has 0 aliphatic carbocycles. The van der Waals surface area contributed by atoms with Crippen LogP contribution in [0.25, 0.3) is 0 Å². The second-order valence-electron chi connectivity index (χ2n) is 4.49. The molecule has 1 atom stereocenters. The number of rotatable bonds is 8.